The number of hydrogen-bond donors (Lipinski definition) is 3. The fraction of sp³-hybridized carbons (Fsp3) is 0.333. The topological polar surface area (TPSA) is 127 Å². The number of nitrogens with two attached hydrogens (primary N) is 2. The number of carbonyl (C=O) groups excluding carboxylic acids is 2. The molecule has 32 heavy (non-hydrogen) atoms. The van der Waals surface area contributed by atoms with Crippen molar-refractivity contribution < 1.29 is 9.59 Å². The fourth-order valence-electron chi connectivity index (χ4n) is 3.62. The number of nitrogens with zero attached hydrogens (tertiary/aromatic N) is 3. The molecule has 5 N–H and O–H groups in total. The highest BCUT2D eigenvalue weighted by molar-refractivity contribution is 6.06. The second-order valence-electron chi connectivity index (χ2n) is 7.82. The Bertz CT molecular complexity index is 1050. The minimum atomic E-state index is -0.245. The molecule has 0 saturated heterocycles. The van der Waals surface area contributed by atoms with Gasteiger partial charge in [-0.25, -0.2) is 4.99 Å². The number of amides is 2. The Hall–Kier alpha value is -3.68. The number of nitrogen functional groups attached to an aromatic ring is 1. The predicted molar refractivity (Wildman–Crippen MR) is 127 cm³/mol. The fourth-order valence-corrected chi connectivity index (χ4v) is 3.62. The minimum Gasteiger partial charge on any atom is -0.397 e. The number of benzene rings is 1. The van der Waals surface area contributed by atoms with Crippen molar-refractivity contribution in [3.63, 3.8) is 0 Å². The van der Waals surface area contributed by atoms with E-state index in [1.165, 1.54) is 0 Å². The SMILES string of the molecule is CCCN(CCC)C(=O)C1=Cc2ccc(C(=O)NCc3cncc(N)c3)cc2N=C(N)C1. The van der Waals surface area contributed by atoms with E-state index in [4.69, 9.17) is 11.5 Å². The normalized spacial score (nSPS) is 12.8. The van der Waals surface area contributed by atoms with Crippen molar-refractivity contribution in [3.8, 4) is 0 Å². The smallest absolute Gasteiger partial charge is 0.251 e. The Morgan fingerprint density at radius 3 is 2.53 bits per heavy atom. The van der Waals surface area contributed by atoms with E-state index in [0.717, 1.165) is 24.0 Å². The van der Waals surface area contributed by atoms with Crippen LogP contribution in [0, 0.1) is 0 Å². The van der Waals surface area contributed by atoms with Crippen LogP contribution in [0.15, 0.2) is 47.2 Å². The molecule has 8 heteroatoms. The van der Waals surface area contributed by atoms with Crippen LogP contribution in [0.5, 0.6) is 0 Å². The van der Waals surface area contributed by atoms with Crippen molar-refractivity contribution in [2.45, 2.75) is 39.7 Å². The van der Waals surface area contributed by atoms with Gasteiger partial charge in [-0.05, 0) is 42.7 Å². The summed E-state index contributed by atoms with van der Waals surface area (Å²) >= 11 is 0. The number of anilines is 1. The van der Waals surface area contributed by atoms with Gasteiger partial charge in [-0.1, -0.05) is 19.9 Å². The second-order valence-corrected chi connectivity index (χ2v) is 7.82. The van der Waals surface area contributed by atoms with E-state index in [1.54, 1.807) is 36.7 Å². The summed E-state index contributed by atoms with van der Waals surface area (Å²) in [7, 11) is 0. The number of carbonyl (C=O) groups is 2. The van der Waals surface area contributed by atoms with Gasteiger partial charge in [0.15, 0.2) is 0 Å². The van der Waals surface area contributed by atoms with Gasteiger partial charge in [0.1, 0.15) is 5.84 Å². The first-order valence-electron chi connectivity index (χ1n) is 10.9. The lowest BCUT2D eigenvalue weighted by atomic mass is 10.0. The number of aliphatic imine (C=N–C) groups is 1. The standard InChI is InChI=1S/C24H30N6O2/c1-3-7-30(8-4-2)24(32)19-10-17-5-6-18(11-21(17)29-22(26)12-19)23(31)28-14-16-9-20(25)15-27-13-16/h5-6,9-11,13,15H,3-4,7-8,12,14,25H2,1-2H3,(H2,26,29)(H,28,31). The maximum atomic E-state index is 13.1. The average Bonchev–Trinajstić information content (AvgIpc) is 2.94. The lowest BCUT2D eigenvalue weighted by molar-refractivity contribution is -0.127. The van der Waals surface area contributed by atoms with Crippen LogP contribution in [-0.2, 0) is 11.3 Å². The Balaban J connectivity index is 1.80. The summed E-state index contributed by atoms with van der Waals surface area (Å²) in [6.07, 6.45) is 7.10. The van der Waals surface area contributed by atoms with Gasteiger partial charge in [0.05, 0.1) is 11.4 Å². The molecular formula is C24H30N6O2. The van der Waals surface area contributed by atoms with Gasteiger partial charge in [0, 0.05) is 55.1 Å². The Morgan fingerprint density at radius 2 is 1.84 bits per heavy atom. The average molecular weight is 435 g/mol. The molecule has 2 amide bonds. The van der Waals surface area contributed by atoms with Gasteiger partial charge in [-0.15, -0.1) is 0 Å². The predicted octanol–water partition coefficient (Wildman–Crippen LogP) is 3.02. The summed E-state index contributed by atoms with van der Waals surface area (Å²) in [6, 6.07) is 6.97. The summed E-state index contributed by atoms with van der Waals surface area (Å²) < 4.78 is 0. The van der Waals surface area contributed by atoms with Crippen molar-refractivity contribution in [1.29, 1.82) is 0 Å². The molecule has 2 heterocycles. The number of aromatic nitrogens is 1. The largest absolute Gasteiger partial charge is 0.397 e. The van der Waals surface area contributed by atoms with Crippen molar-refractivity contribution >= 4 is 35.1 Å². The molecule has 0 bridgehead atoms. The van der Waals surface area contributed by atoms with E-state index < -0.39 is 0 Å². The van der Waals surface area contributed by atoms with E-state index in [0.29, 0.717) is 48.0 Å². The van der Waals surface area contributed by atoms with E-state index in [2.05, 4.69) is 29.1 Å². The first-order chi connectivity index (χ1) is 15.4. The Kier molecular flexibility index (Phi) is 7.59. The highest BCUT2D eigenvalue weighted by Gasteiger charge is 2.21. The molecule has 3 rings (SSSR count). The molecule has 1 aliphatic rings. The summed E-state index contributed by atoms with van der Waals surface area (Å²) in [5, 5.41) is 2.86. The third-order valence-corrected chi connectivity index (χ3v) is 5.08. The van der Waals surface area contributed by atoms with E-state index >= 15 is 0 Å². The monoisotopic (exact) mass is 434 g/mol. The van der Waals surface area contributed by atoms with E-state index in [1.807, 2.05) is 11.0 Å². The summed E-state index contributed by atoms with van der Waals surface area (Å²) in [5.41, 5.74) is 15.6. The van der Waals surface area contributed by atoms with Crippen LogP contribution in [0.2, 0.25) is 0 Å². The van der Waals surface area contributed by atoms with Gasteiger partial charge in [-0.2, -0.15) is 0 Å². The molecule has 0 saturated carbocycles. The highest BCUT2D eigenvalue weighted by atomic mass is 16.2. The zero-order chi connectivity index (χ0) is 23.1. The number of rotatable bonds is 8. The summed E-state index contributed by atoms with van der Waals surface area (Å²) in [5.74, 6) is 0.0857. The van der Waals surface area contributed by atoms with Crippen LogP contribution in [0.1, 0.15) is 54.6 Å². The van der Waals surface area contributed by atoms with Crippen LogP contribution in [-0.4, -0.2) is 40.6 Å². The van der Waals surface area contributed by atoms with Gasteiger partial charge in [0.2, 0.25) is 5.91 Å². The molecule has 2 aromatic rings. The molecule has 168 valence electrons. The lowest BCUT2D eigenvalue weighted by Gasteiger charge is -2.22. The van der Waals surface area contributed by atoms with Crippen LogP contribution >= 0.6 is 0 Å². The zero-order valence-electron chi connectivity index (χ0n) is 18.6. The third kappa shape index (κ3) is 5.72. The lowest BCUT2D eigenvalue weighted by Crippen LogP contribution is -2.34. The molecule has 0 aliphatic carbocycles. The highest BCUT2D eigenvalue weighted by Crippen LogP contribution is 2.28. The number of fused-ring (bicyclic) bond motifs is 1. The van der Waals surface area contributed by atoms with Crippen molar-refractivity contribution in [3.05, 3.63) is 58.9 Å². The van der Waals surface area contributed by atoms with Crippen molar-refractivity contribution in [2.24, 2.45) is 10.7 Å². The van der Waals surface area contributed by atoms with Gasteiger partial charge < -0.3 is 21.7 Å². The molecule has 0 fully saturated rings. The summed E-state index contributed by atoms with van der Waals surface area (Å²) in [6.45, 7) is 5.82. The number of amidine groups is 1. The van der Waals surface area contributed by atoms with Gasteiger partial charge in [-0.3, -0.25) is 14.6 Å². The molecule has 1 aromatic heterocycles. The van der Waals surface area contributed by atoms with Crippen LogP contribution in [0.3, 0.4) is 0 Å². The molecule has 0 spiro atoms. The zero-order valence-corrected chi connectivity index (χ0v) is 18.6. The maximum absolute atomic E-state index is 13.1. The molecule has 1 aliphatic heterocycles. The van der Waals surface area contributed by atoms with Crippen LogP contribution in [0.4, 0.5) is 11.4 Å². The van der Waals surface area contributed by atoms with Gasteiger partial charge >= 0.3 is 0 Å². The number of hydrogen-bond acceptors (Lipinski definition) is 6. The Morgan fingerprint density at radius 1 is 1.09 bits per heavy atom. The second kappa shape index (κ2) is 10.6. The molecule has 0 atom stereocenters. The van der Waals surface area contributed by atoms with E-state index in [-0.39, 0.29) is 18.2 Å². The molecule has 8 nitrogen and oxygen atoms in total. The van der Waals surface area contributed by atoms with Crippen LogP contribution in [0.25, 0.3) is 6.08 Å². The Labute approximate surface area is 188 Å². The van der Waals surface area contributed by atoms with E-state index in [9.17, 15) is 9.59 Å². The first kappa shape index (κ1) is 23.0. The molecular weight excluding hydrogens is 404 g/mol. The van der Waals surface area contributed by atoms with Crippen LogP contribution < -0.4 is 16.8 Å². The van der Waals surface area contributed by atoms with Crippen molar-refractivity contribution in [1.82, 2.24) is 15.2 Å². The maximum Gasteiger partial charge on any atom is 0.251 e. The summed E-state index contributed by atoms with van der Waals surface area (Å²) in [4.78, 5) is 36.1. The quantitative estimate of drug-likeness (QED) is 0.589. The number of nitrogens with one attached hydrogen (secondary N) is 1. The molecule has 1 aromatic carbocycles. The van der Waals surface area contributed by atoms with Gasteiger partial charge in [0.25, 0.3) is 5.91 Å². The first-order valence-corrected chi connectivity index (χ1v) is 10.9. The molecule has 0 unspecified atom stereocenters. The molecule has 0 radical (unpaired) electrons. The third-order valence-electron chi connectivity index (χ3n) is 5.08. The van der Waals surface area contributed by atoms with Crippen molar-refractivity contribution in [2.75, 3.05) is 18.8 Å². The minimum absolute atomic E-state index is 0.0164. The number of pyridine rings is 1.